The van der Waals surface area contributed by atoms with Crippen LogP contribution in [0.15, 0.2) is 36.8 Å². The molecule has 0 radical (unpaired) electrons. The van der Waals surface area contributed by atoms with Crippen LogP contribution in [0.2, 0.25) is 0 Å². The third kappa shape index (κ3) is 3.66. The number of hydrogen-bond donors (Lipinski definition) is 2. The van der Waals surface area contributed by atoms with E-state index in [1.165, 1.54) is 25.6 Å². The summed E-state index contributed by atoms with van der Waals surface area (Å²) in [5, 5.41) is 16.0. The molecule has 1 aromatic carbocycles. The molecule has 0 saturated carbocycles. The zero-order valence-corrected chi connectivity index (χ0v) is 15.9. The van der Waals surface area contributed by atoms with Crippen LogP contribution < -0.4 is 10.1 Å². The number of nitrogens with zero attached hydrogens (tertiary/aromatic N) is 3. The summed E-state index contributed by atoms with van der Waals surface area (Å²) in [6.45, 7) is 0.694. The highest BCUT2D eigenvalue weighted by atomic mass is 19.1. The molecular weight excluding hydrogens is 395 g/mol. The fourth-order valence-electron chi connectivity index (χ4n) is 3.29. The second kappa shape index (κ2) is 7.82. The van der Waals surface area contributed by atoms with Gasteiger partial charge in [-0.1, -0.05) is 0 Å². The molecule has 4 rings (SSSR count). The van der Waals surface area contributed by atoms with Crippen LogP contribution in [0.1, 0.15) is 21.5 Å². The van der Waals surface area contributed by atoms with Crippen molar-refractivity contribution in [3.63, 3.8) is 0 Å². The fourth-order valence-corrected chi connectivity index (χ4v) is 3.29. The van der Waals surface area contributed by atoms with E-state index in [1.54, 1.807) is 12.3 Å². The van der Waals surface area contributed by atoms with Gasteiger partial charge in [0.05, 0.1) is 25.5 Å². The first-order valence-electron chi connectivity index (χ1n) is 9.01. The van der Waals surface area contributed by atoms with Gasteiger partial charge in [-0.25, -0.2) is 19.0 Å². The van der Waals surface area contributed by atoms with Crippen molar-refractivity contribution in [2.75, 3.05) is 19.0 Å². The number of esters is 1. The lowest BCUT2D eigenvalue weighted by molar-refractivity contribution is 0.0600. The molecular formula is C20H17FN4O5. The van der Waals surface area contributed by atoms with Gasteiger partial charge in [0.25, 0.3) is 0 Å². The Bertz CT molecular complexity index is 1140. The van der Waals surface area contributed by atoms with Gasteiger partial charge in [-0.05, 0) is 23.8 Å². The van der Waals surface area contributed by atoms with Gasteiger partial charge in [-0.2, -0.15) is 9.78 Å². The standard InChI is InChI=1S/C20H17FN4O5/c1-29-19(26)12-4-11(5-14(21)6-12)7-22-18-15-2-3-30-17(15)16(9-23-18)13-8-24-25(10-13)20(27)28/h4-6,8-10H,2-3,7H2,1H3,(H,22,23)(H,27,28). The number of halogens is 1. The predicted octanol–water partition coefficient (Wildman–Crippen LogP) is 2.94. The van der Waals surface area contributed by atoms with Gasteiger partial charge in [0, 0.05) is 42.0 Å². The average Bonchev–Trinajstić information content (AvgIpc) is 3.41. The topological polar surface area (TPSA) is 116 Å². The highest BCUT2D eigenvalue weighted by molar-refractivity contribution is 5.89. The number of benzene rings is 1. The molecule has 0 atom stereocenters. The first kappa shape index (κ1) is 19.4. The van der Waals surface area contributed by atoms with E-state index >= 15 is 0 Å². The minimum absolute atomic E-state index is 0.126. The number of nitrogens with one attached hydrogen (secondary N) is 1. The summed E-state index contributed by atoms with van der Waals surface area (Å²) in [5.41, 5.74) is 2.72. The molecule has 0 bridgehead atoms. The molecule has 2 N–H and O–H groups in total. The summed E-state index contributed by atoms with van der Waals surface area (Å²) in [6.07, 6.45) is 3.81. The van der Waals surface area contributed by atoms with Crippen LogP contribution in [0.3, 0.4) is 0 Å². The monoisotopic (exact) mass is 412 g/mol. The van der Waals surface area contributed by atoms with Crippen molar-refractivity contribution < 1.29 is 28.6 Å². The van der Waals surface area contributed by atoms with E-state index in [0.717, 1.165) is 16.3 Å². The number of anilines is 1. The molecule has 30 heavy (non-hydrogen) atoms. The molecule has 0 unspecified atom stereocenters. The minimum Gasteiger partial charge on any atom is -0.492 e. The lowest BCUT2D eigenvalue weighted by Crippen LogP contribution is -2.07. The van der Waals surface area contributed by atoms with Crippen LogP contribution in [0.25, 0.3) is 11.1 Å². The van der Waals surface area contributed by atoms with Gasteiger partial charge in [-0.15, -0.1) is 0 Å². The van der Waals surface area contributed by atoms with E-state index in [4.69, 9.17) is 9.84 Å². The van der Waals surface area contributed by atoms with E-state index in [0.29, 0.717) is 41.3 Å². The molecule has 2 aromatic heterocycles. The van der Waals surface area contributed by atoms with Crippen molar-refractivity contribution in [3.8, 4) is 16.9 Å². The summed E-state index contributed by atoms with van der Waals surface area (Å²) in [4.78, 5) is 27.2. The van der Waals surface area contributed by atoms with Crippen molar-refractivity contribution >= 4 is 17.9 Å². The van der Waals surface area contributed by atoms with Crippen LogP contribution in [-0.2, 0) is 17.7 Å². The maximum atomic E-state index is 13.8. The van der Waals surface area contributed by atoms with E-state index in [1.807, 2.05) is 0 Å². The number of carbonyl (C=O) groups excluding carboxylic acids is 1. The van der Waals surface area contributed by atoms with Crippen LogP contribution in [0, 0.1) is 5.82 Å². The van der Waals surface area contributed by atoms with Crippen LogP contribution in [-0.4, -0.2) is 45.7 Å². The van der Waals surface area contributed by atoms with Crippen LogP contribution in [0.5, 0.6) is 5.75 Å². The summed E-state index contributed by atoms with van der Waals surface area (Å²) in [7, 11) is 1.24. The number of fused-ring (bicyclic) bond motifs is 1. The van der Waals surface area contributed by atoms with Crippen molar-refractivity contribution in [3.05, 3.63) is 59.3 Å². The molecule has 3 aromatic rings. The van der Waals surface area contributed by atoms with Gasteiger partial charge in [-0.3, -0.25) is 0 Å². The molecule has 154 valence electrons. The van der Waals surface area contributed by atoms with Crippen molar-refractivity contribution in [1.29, 1.82) is 0 Å². The number of hydrogen-bond acceptors (Lipinski definition) is 7. The SMILES string of the molecule is COC(=O)c1cc(F)cc(CNc2ncc(-c3cnn(C(=O)O)c3)c3c2CCO3)c1. The van der Waals surface area contributed by atoms with Crippen molar-refractivity contribution in [1.82, 2.24) is 14.8 Å². The largest absolute Gasteiger partial charge is 0.492 e. The highest BCUT2D eigenvalue weighted by Gasteiger charge is 2.23. The molecule has 10 heteroatoms. The Kier molecular flexibility index (Phi) is 5.05. The summed E-state index contributed by atoms with van der Waals surface area (Å²) in [5.74, 6) is 0.0177. The Morgan fingerprint density at radius 2 is 2.17 bits per heavy atom. The molecule has 0 aliphatic carbocycles. The molecule has 0 spiro atoms. The van der Waals surface area contributed by atoms with E-state index in [-0.39, 0.29) is 12.1 Å². The number of carboxylic acid groups (broad SMARTS) is 1. The third-order valence-corrected chi connectivity index (χ3v) is 4.65. The quantitative estimate of drug-likeness (QED) is 0.615. The minimum atomic E-state index is -1.19. The van der Waals surface area contributed by atoms with Gasteiger partial charge >= 0.3 is 12.1 Å². The Hall–Kier alpha value is -3.95. The number of pyridine rings is 1. The number of aromatic nitrogens is 3. The number of ether oxygens (including phenoxy) is 2. The first-order valence-corrected chi connectivity index (χ1v) is 9.01. The Labute approximate surface area is 170 Å². The molecule has 1 aliphatic rings. The second-order valence-corrected chi connectivity index (χ2v) is 6.58. The second-order valence-electron chi connectivity index (χ2n) is 6.58. The Morgan fingerprint density at radius 3 is 2.90 bits per heavy atom. The normalized spacial score (nSPS) is 12.2. The van der Waals surface area contributed by atoms with Crippen LogP contribution in [0.4, 0.5) is 15.0 Å². The maximum absolute atomic E-state index is 13.8. The first-order chi connectivity index (χ1) is 14.5. The summed E-state index contributed by atoms with van der Waals surface area (Å²) >= 11 is 0. The number of methoxy groups -OCH3 is 1. The Balaban J connectivity index is 1.59. The molecule has 1 aliphatic heterocycles. The zero-order chi connectivity index (χ0) is 21.3. The smallest absolute Gasteiger partial charge is 0.432 e. The molecule has 0 amide bonds. The highest BCUT2D eigenvalue weighted by Crippen LogP contribution is 2.39. The zero-order valence-electron chi connectivity index (χ0n) is 15.9. The molecule has 0 fully saturated rings. The van der Waals surface area contributed by atoms with Gasteiger partial charge < -0.3 is 19.9 Å². The lowest BCUT2D eigenvalue weighted by atomic mass is 10.1. The predicted molar refractivity (Wildman–Crippen MR) is 103 cm³/mol. The number of carbonyl (C=O) groups is 2. The average molecular weight is 412 g/mol. The molecule has 3 heterocycles. The van der Waals surface area contributed by atoms with Crippen molar-refractivity contribution in [2.24, 2.45) is 0 Å². The summed E-state index contributed by atoms with van der Waals surface area (Å²) < 4.78 is 25.0. The van der Waals surface area contributed by atoms with Gasteiger partial charge in [0.1, 0.15) is 17.4 Å². The van der Waals surface area contributed by atoms with Gasteiger partial charge in [0.15, 0.2) is 0 Å². The van der Waals surface area contributed by atoms with Crippen LogP contribution >= 0.6 is 0 Å². The fraction of sp³-hybridized carbons (Fsp3) is 0.200. The van der Waals surface area contributed by atoms with Crippen molar-refractivity contribution in [2.45, 2.75) is 13.0 Å². The van der Waals surface area contributed by atoms with E-state index in [9.17, 15) is 14.0 Å². The van der Waals surface area contributed by atoms with Gasteiger partial charge in [0.2, 0.25) is 0 Å². The Morgan fingerprint density at radius 1 is 1.33 bits per heavy atom. The molecule has 9 nitrogen and oxygen atoms in total. The van der Waals surface area contributed by atoms with E-state index in [2.05, 4.69) is 20.1 Å². The summed E-state index contributed by atoms with van der Waals surface area (Å²) in [6, 6.07) is 3.99. The third-order valence-electron chi connectivity index (χ3n) is 4.65. The lowest BCUT2D eigenvalue weighted by Gasteiger charge is -2.12. The maximum Gasteiger partial charge on any atom is 0.432 e. The van der Waals surface area contributed by atoms with E-state index < -0.39 is 17.9 Å². The number of rotatable bonds is 5. The molecule has 0 saturated heterocycles.